The summed E-state index contributed by atoms with van der Waals surface area (Å²) >= 11 is 0. The molecule has 6 heteroatoms. The second-order valence-electron chi connectivity index (χ2n) is 4.00. The standard InChI is InChI=1S/C11H13NO5/c1-11(2)16-5-7-3-4-12-8(9(7)17-11)10(14)15-6-13/h3-4,13H,5-6H2,1-2H3. The van der Waals surface area contributed by atoms with Crippen LogP contribution in [-0.4, -0.2) is 28.6 Å². The van der Waals surface area contributed by atoms with Gasteiger partial charge in [0, 0.05) is 25.6 Å². The molecule has 0 unspecified atom stereocenters. The Hall–Kier alpha value is -1.66. The Kier molecular flexibility index (Phi) is 2.99. The summed E-state index contributed by atoms with van der Waals surface area (Å²) in [5, 5.41) is 8.57. The van der Waals surface area contributed by atoms with Crippen molar-refractivity contribution in [3.05, 3.63) is 23.5 Å². The van der Waals surface area contributed by atoms with Crippen molar-refractivity contribution in [3.63, 3.8) is 0 Å². The van der Waals surface area contributed by atoms with Crippen LogP contribution >= 0.6 is 0 Å². The monoisotopic (exact) mass is 239 g/mol. The molecule has 0 atom stereocenters. The first-order chi connectivity index (χ1) is 8.03. The van der Waals surface area contributed by atoms with Gasteiger partial charge >= 0.3 is 5.97 Å². The predicted molar refractivity (Wildman–Crippen MR) is 56.2 cm³/mol. The Labute approximate surface area is 98.1 Å². The number of aliphatic hydroxyl groups excluding tert-OH is 1. The highest BCUT2D eigenvalue weighted by molar-refractivity contribution is 5.90. The van der Waals surface area contributed by atoms with Crippen LogP contribution in [0.3, 0.4) is 0 Å². The molecule has 0 saturated carbocycles. The SMILES string of the molecule is CC1(C)OCc2ccnc(C(=O)OCO)c2O1. The minimum absolute atomic E-state index is 0.0490. The van der Waals surface area contributed by atoms with E-state index in [1.165, 1.54) is 6.20 Å². The molecular formula is C11H13NO5. The van der Waals surface area contributed by atoms with E-state index in [9.17, 15) is 4.79 Å². The van der Waals surface area contributed by atoms with Gasteiger partial charge in [-0.15, -0.1) is 0 Å². The fourth-order valence-electron chi connectivity index (χ4n) is 1.51. The Morgan fingerprint density at radius 1 is 1.65 bits per heavy atom. The topological polar surface area (TPSA) is 77.9 Å². The first kappa shape index (κ1) is 11.8. The summed E-state index contributed by atoms with van der Waals surface area (Å²) in [5.41, 5.74) is 0.775. The molecule has 1 aliphatic heterocycles. The zero-order valence-corrected chi connectivity index (χ0v) is 9.60. The normalized spacial score (nSPS) is 16.9. The van der Waals surface area contributed by atoms with Crippen LogP contribution in [0.25, 0.3) is 0 Å². The van der Waals surface area contributed by atoms with E-state index in [1.807, 2.05) is 0 Å². The highest BCUT2D eigenvalue weighted by Crippen LogP contribution is 2.33. The van der Waals surface area contributed by atoms with Gasteiger partial charge in [-0.05, 0) is 6.07 Å². The van der Waals surface area contributed by atoms with Gasteiger partial charge in [-0.1, -0.05) is 0 Å². The first-order valence-electron chi connectivity index (χ1n) is 5.12. The van der Waals surface area contributed by atoms with Crippen LogP contribution in [0.2, 0.25) is 0 Å². The number of hydrogen-bond donors (Lipinski definition) is 1. The molecule has 1 aromatic heterocycles. The maximum atomic E-state index is 11.6. The molecule has 0 aliphatic carbocycles. The lowest BCUT2D eigenvalue weighted by Gasteiger charge is -2.32. The number of aromatic nitrogens is 1. The van der Waals surface area contributed by atoms with E-state index in [0.717, 1.165) is 5.56 Å². The van der Waals surface area contributed by atoms with Crippen LogP contribution in [0, 0.1) is 0 Å². The molecule has 1 aliphatic rings. The van der Waals surface area contributed by atoms with E-state index in [2.05, 4.69) is 9.72 Å². The van der Waals surface area contributed by atoms with Crippen LogP contribution in [0.1, 0.15) is 29.9 Å². The van der Waals surface area contributed by atoms with E-state index in [-0.39, 0.29) is 5.69 Å². The lowest BCUT2D eigenvalue weighted by atomic mass is 10.1. The van der Waals surface area contributed by atoms with Gasteiger partial charge < -0.3 is 19.3 Å². The molecule has 0 saturated heterocycles. The van der Waals surface area contributed by atoms with Gasteiger partial charge in [0.15, 0.2) is 18.2 Å². The number of fused-ring (bicyclic) bond motifs is 1. The molecule has 1 aromatic rings. The summed E-state index contributed by atoms with van der Waals surface area (Å²) in [6.45, 7) is 3.13. The molecule has 0 fully saturated rings. The highest BCUT2D eigenvalue weighted by atomic mass is 16.7. The quantitative estimate of drug-likeness (QED) is 0.608. The van der Waals surface area contributed by atoms with Gasteiger partial charge in [0.25, 0.3) is 0 Å². The number of esters is 1. The molecule has 0 spiro atoms. The second kappa shape index (κ2) is 4.31. The van der Waals surface area contributed by atoms with Crippen LogP contribution in [0.15, 0.2) is 12.3 Å². The van der Waals surface area contributed by atoms with Gasteiger partial charge in [-0.25, -0.2) is 9.78 Å². The van der Waals surface area contributed by atoms with E-state index >= 15 is 0 Å². The molecule has 0 radical (unpaired) electrons. The van der Waals surface area contributed by atoms with Crippen LogP contribution in [0.4, 0.5) is 0 Å². The van der Waals surface area contributed by atoms with E-state index in [0.29, 0.717) is 12.4 Å². The maximum absolute atomic E-state index is 11.6. The van der Waals surface area contributed by atoms with Crippen LogP contribution in [-0.2, 0) is 16.1 Å². The summed E-state index contributed by atoms with van der Waals surface area (Å²) < 4.78 is 15.5. The van der Waals surface area contributed by atoms with E-state index in [1.54, 1.807) is 19.9 Å². The summed E-state index contributed by atoms with van der Waals surface area (Å²) in [4.78, 5) is 15.5. The van der Waals surface area contributed by atoms with Gasteiger partial charge in [0.1, 0.15) is 0 Å². The molecule has 92 valence electrons. The molecule has 17 heavy (non-hydrogen) atoms. The van der Waals surface area contributed by atoms with Crippen LogP contribution < -0.4 is 4.74 Å². The third-order valence-corrected chi connectivity index (χ3v) is 2.30. The number of aliphatic hydroxyl groups is 1. The summed E-state index contributed by atoms with van der Waals surface area (Å²) in [6, 6.07) is 1.71. The molecule has 0 bridgehead atoms. The Bertz CT molecular complexity index is 443. The number of rotatable bonds is 2. The Balaban J connectivity index is 2.39. The van der Waals surface area contributed by atoms with Crippen molar-refractivity contribution in [2.45, 2.75) is 26.2 Å². The maximum Gasteiger partial charge on any atom is 0.362 e. The van der Waals surface area contributed by atoms with E-state index < -0.39 is 18.5 Å². The molecule has 0 aromatic carbocycles. The molecule has 0 amide bonds. The number of carbonyl (C=O) groups excluding carboxylic acids is 1. The minimum atomic E-state index is -0.815. The Morgan fingerprint density at radius 3 is 3.12 bits per heavy atom. The molecule has 2 rings (SSSR count). The number of nitrogens with zero attached hydrogens (tertiary/aromatic N) is 1. The van der Waals surface area contributed by atoms with Crippen molar-refractivity contribution in [1.29, 1.82) is 0 Å². The van der Waals surface area contributed by atoms with Crippen LogP contribution in [0.5, 0.6) is 5.75 Å². The second-order valence-corrected chi connectivity index (χ2v) is 4.00. The lowest BCUT2D eigenvalue weighted by molar-refractivity contribution is -0.180. The average molecular weight is 239 g/mol. The van der Waals surface area contributed by atoms with Gasteiger partial charge in [0.2, 0.25) is 5.79 Å². The molecular weight excluding hydrogens is 226 g/mol. The van der Waals surface area contributed by atoms with Crippen molar-refractivity contribution in [3.8, 4) is 5.75 Å². The summed E-state index contributed by atoms with van der Waals surface area (Å²) in [6.07, 6.45) is 1.47. The number of carbonyl (C=O) groups is 1. The summed E-state index contributed by atoms with van der Waals surface area (Å²) in [7, 11) is 0. The number of pyridine rings is 1. The smallest absolute Gasteiger partial charge is 0.362 e. The number of ether oxygens (including phenoxy) is 3. The highest BCUT2D eigenvalue weighted by Gasteiger charge is 2.31. The largest absolute Gasteiger partial charge is 0.460 e. The van der Waals surface area contributed by atoms with Crippen molar-refractivity contribution < 1.29 is 24.1 Å². The minimum Gasteiger partial charge on any atom is -0.460 e. The molecule has 6 nitrogen and oxygen atoms in total. The van der Waals surface area contributed by atoms with Crippen molar-refractivity contribution in [1.82, 2.24) is 4.98 Å². The molecule has 2 heterocycles. The van der Waals surface area contributed by atoms with Crippen molar-refractivity contribution in [2.24, 2.45) is 0 Å². The predicted octanol–water partition coefficient (Wildman–Crippen LogP) is 0.833. The summed E-state index contributed by atoms with van der Waals surface area (Å²) in [5.74, 6) is -1.19. The third-order valence-electron chi connectivity index (χ3n) is 2.30. The van der Waals surface area contributed by atoms with Gasteiger partial charge in [-0.3, -0.25) is 0 Å². The van der Waals surface area contributed by atoms with Gasteiger partial charge in [0.05, 0.1) is 6.61 Å². The number of hydrogen-bond acceptors (Lipinski definition) is 6. The Morgan fingerprint density at radius 2 is 2.41 bits per heavy atom. The fourth-order valence-corrected chi connectivity index (χ4v) is 1.51. The first-order valence-corrected chi connectivity index (χ1v) is 5.12. The average Bonchev–Trinajstić information content (AvgIpc) is 2.27. The van der Waals surface area contributed by atoms with Crippen molar-refractivity contribution >= 4 is 5.97 Å². The third kappa shape index (κ3) is 2.37. The zero-order chi connectivity index (χ0) is 12.5. The fraction of sp³-hybridized carbons (Fsp3) is 0.455. The van der Waals surface area contributed by atoms with Gasteiger partial charge in [-0.2, -0.15) is 0 Å². The van der Waals surface area contributed by atoms with Crippen molar-refractivity contribution in [2.75, 3.05) is 6.79 Å². The zero-order valence-electron chi connectivity index (χ0n) is 9.60. The lowest BCUT2D eigenvalue weighted by Crippen LogP contribution is -2.36. The molecule has 1 N–H and O–H groups in total. The van der Waals surface area contributed by atoms with E-state index in [4.69, 9.17) is 14.6 Å².